The molecule has 3 aromatic rings. The number of aromatic nitrogens is 2. The molecule has 0 spiro atoms. The van der Waals surface area contributed by atoms with Crippen LogP contribution in [-0.4, -0.2) is 22.0 Å². The Morgan fingerprint density at radius 3 is 2.52 bits per heavy atom. The lowest BCUT2D eigenvalue weighted by Gasteiger charge is -2.03. The van der Waals surface area contributed by atoms with Crippen molar-refractivity contribution in [1.82, 2.24) is 9.78 Å². The molecule has 0 radical (unpaired) electrons. The minimum absolute atomic E-state index is 0.163. The van der Waals surface area contributed by atoms with Crippen molar-refractivity contribution in [2.45, 2.75) is 6.92 Å². The maximum atomic E-state index is 10.1. The molecule has 0 aliphatic heterocycles. The van der Waals surface area contributed by atoms with E-state index in [9.17, 15) is 5.11 Å². The van der Waals surface area contributed by atoms with Crippen LogP contribution in [0.3, 0.4) is 0 Å². The number of hydrogen-bond donors (Lipinski definition) is 1. The third-order valence-corrected chi connectivity index (χ3v) is 3.32. The Balaban J connectivity index is 2.00. The van der Waals surface area contributed by atoms with Crippen molar-refractivity contribution < 1.29 is 9.84 Å². The van der Waals surface area contributed by atoms with E-state index in [1.165, 1.54) is 0 Å². The summed E-state index contributed by atoms with van der Waals surface area (Å²) in [6.07, 6.45) is 1.61. The SMILES string of the molecule is COc1ccc(-n2cc(O)c(-c3cccc(C)c3)n2)cc1. The standard InChI is InChI=1S/C17H16N2O2/c1-12-4-3-5-13(10-12)17-16(20)11-19(18-17)14-6-8-15(21-2)9-7-14/h3-11,20H,1-2H3. The highest BCUT2D eigenvalue weighted by Gasteiger charge is 2.11. The monoisotopic (exact) mass is 280 g/mol. The summed E-state index contributed by atoms with van der Waals surface area (Å²) in [5.41, 5.74) is 3.48. The second-order valence-electron chi connectivity index (χ2n) is 4.88. The van der Waals surface area contributed by atoms with Crippen LogP contribution in [0.1, 0.15) is 5.56 Å². The summed E-state index contributed by atoms with van der Waals surface area (Å²) in [5.74, 6) is 0.949. The quantitative estimate of drug-likeness (QED) is 0.798. The van der Waals surface area contributed by atoms with Crippen LogP contribution < -0.4 is 4.74 Å². The van der Waals surface area contributed by atoms with Gasteiger partial charge >= 0.3 is 0 Å². The van der Waals surface area contributed by atoms with Crippen LogP contribution in [0.4, 0.5) is 0 Å². The van der Waals surface area contributed by atoms with Gasteiger partial charge in [-0.3, -0.25) is 0 Å². The predicted molar refractivity (Wildman–Crippen MR) is 82.0 cm³/mol. The molecule has 0 saturated heterocycles. The molecule has 0 amide bonds. The molecule has 1 N–H and O–H groups in total. The summed E-state index contributed by atoms with van der Waals surface area (Å²) >= 11 is 0. The number of aryl methyl sites for hydroxylation is 1. The van der Waals surface area contributed by atoms with Crippen LogP contribution in [0.2, 0.25) is 0 Å². The van der Waals surface area contributed by atoms with Crippen LogP contribution >= 0.6 is 0 Å². The topological polar surface area (TPSA) is 47.3 Å². The summed E-state index contributed by atoms with van der Waals surface area (Å²) in [6.45, 7) is 2.01. The van der Waals surface area contributed by atoms with Gasteiger partial charge < -0.3 is 9.84 Å². The first-order valence-electron chi connectivity index (χ1n) is 6.67. The summed E-state index contributed by atoms with van der Waals surface area (Å²) in [4.78, 5) is 0. The van der Waals surface area contributed by atoms with Gasteiger partial charge in [-0.05, 0) is 37.3 Å². The van der Waals surface area contributed by atoms with E-state index in [0.717, 1.165) is 22.6 Å². The number of benzene rings is 2. The molecule has 106 valence electrons. The molecule has 0 saturated carbocycles. The van der Waals surface area contributed by atoms with Crippen molar-refractivity contribution >= 4 is 0 Å². The molecule has 4 nitrogen and oxygen atoms in total. The third kappa shape index (κ3) is 2.60. The van der Waals surface area contributed by atoms with Gasteiger partial charge in [0.05, 0.1) is 19.0 Å². The number of nitrogens with zero attached hydrogens (tertiary/aromatic N) is 2. The molecular weight excluding hydrogens is 264 g/mol. The van der Waals surface area contributed by atoms with Crippen molar-refractivity contribution in [2.24, 2.45) is 0 Å². The highest BCUT2D eigenvalue weighted by atomic mass is 16.5. The van der Waals surface area contributed by atoms with Crippen molar-refractivity contribution in [3.63, 3.8) is 0 Å². The summed E-state index contributed by atoms with van der Waals surface area (Å²) < 4.78 is 6.80. The highest BCUT2D eigenvalue weighted by molar-refractivity contribution is 5.66. The average molecular weight is 280 g/mol. The average Bonchev–Trinajstić information content (AvgIpc) is 2.89. The first-order chi connectivity index (χ1) is 10.2. The van der Waals surface area contributed by atoms with Crippen LogP contribution in [0.15, 0.2) is 54.7 Å². The van der Waals surface area contributed by atoms with E-state index in [2.05, 4.69) is 5.10 Å². The minimum Gasteiger partial charge on any atom is -0.504 e. The maximum absolute atomic E-state index is 10.1. The van der Waals surface area contributed by atoms with Crippen LogP contribution in [-0.2, 0) is 0 Å². The summed E-state index contributed by atoms with van der Waals surface area (Å²) in [7, 11) is 1.63. The predicted octanol–water partition coefficient (Wildman–Crippen LogP) is 3.56. The van der Waals surface area contributed by atoms with Gasteiger partial charge in [-0.1, -0.05) is 23.8 Å². The fraction of sp³-hybridized carbons (Fsp3) is 0.118. The fourth-order valence-electron chi connectivity index (χ4n) is 2.23. The van der Waals surface area contributed by atoms with Gasteiger partial charge in [0.15, 0.2) is 5.75 Å². The Kier molecular flexibility index (Phi) is 3.36. The van der Waals surface area contributed by atoms with Crippen molar-refractivity contribution in [1.29, 1.82) is 0 Å². The largest absolute Gasteiger partial charge is 0.504 e. The molecule has 4 heteroatoms. The molecule has 0 atom stereocenters. The smallest absolute Gasteiger partial charge is 0.162 e. The Hall–Kier alpha value is -2.75. The van der Waals surface area contributed by atoms with Crippen LogP contribution in [0, 0.1) is 6.92 Å². The maximum Gasteiger partial charge on any atom is 0.162 e. The molecule has 0 unspecified atom stereocenters. The molecule has 0 bridgehead atoms. The van der Waals surface area contributed by atoms with E-state index in [4.69, 9.17) is 4.74 Å². The molecule has 0 fully saturated rings. The highest BCUT2D eigenvalue weighted by Crippen LogP contribution is 2.29. The fourth-order valence-corrected chi connectivity index (χ4v) is 2.23. The Morgan fingerprint density at radius 2 is 1.86 bits per heavy atom. The molecule has 2 aromatic carbocycles. The Labute approximate surface area is 123 Å². The molecule has 1 heterocycles. The Bertz CT molecular complexity index is 761. The Morgan fingerprint density at radius 1 is 1.10 bits per heavy atom. The molecule has 0 aliphatic rings. The summed E-state index contributed by atoms with van der Waals surface area (Å²) in [5, 5.41) is 14.6. The number of rotatable bonds is 3. The molecular formula is C17H16N2O2. The van der Waals surface area contributed by atoms with Gasteiger partial charge in [0.1, 0.15) is 11.4 Å². The van der Waals surface area contributed by atoms with Crippen molar-refractivity contribution in [3.8, 4) is 28.4 Å². The zero-order chi connectivity index (χ0) is 14.8. The number of hydrogen-bond acceptors (Lipinski definition) is 3. The molecule has 1 aromatic heterocycles. The first-order valence-corrected chi connectivity index (χ1v) is 6.67. The van der Waals surface area contributed by atoms with E-state index in [-0.39, 0.29) is 5.75 Å². The van der Waals surface area contributed by atoms with E-state index in [1.807, 2.05) is 55.5 Å². The first kappa shape index (κ1) is 13.2. The minimum atomic E-state index is 0.163. The lowest BCUT2D eigenvalue weighted by Crippen LogP contribution is -1.95. The van der Waals surface area contributed by atoms with E-state index >= 15 is 0 Å². The zero-order valence-electron chi connectivity index (χ0n) is 11.9. The van der Waals surface area contributed by atoms with Gasteiger partial charge in [0.25, 0.3) is 0 Å². The zero-order valence-corrected chi connectivity index (χ0v) is 11.9. The number of aromatic hydroxyl groups is 1. The molecule has 21 heavy (non-hydrogen) atoms. The normalized spacial score (nSPS) is 10.6. The van der Waals surface area contributed by atoms with E-state index < -0.39 is 0 Å². The molecule has 3 rings (SSSR count). The van der Waals surface area contributed by atoms with Gasteiger partial charge in [0, 0.05) is 5.56 Å². The van der Waals surface area contributed by atoms with Gasteiger partial charge in [-0.15, -0.1) is 0 Å². The van der Waals surface area contributed by atoms with Gasteiger partial charge in [-0.2, -0.15) is 5.10 Å². The lowest BCUT2D eigenvalue weighted by molar-refractivity contribution is 0.414. The lowest BCUT2D eigenvalue weighted by atomic mass is 10.1. The number of ether oxygens (including phenoxy) is 1. The van der Waals surface area contributed by atoms with Crippen molar-refractivity contribution in [2.75, 3.05) is 7.11 Å². The second kappa shape index (κ2) is 5.32. The summed E-state index contributed by atoms with van der Waals surface area (Å²) in [6, 6.07) is 15.4. The van der Waals surface area contributed by atoms with Crippen LogP contribution in [0.25, 0.3) is 16.9 Å². The van der Waals surface area contributed by atoms with E-state index in [1.54, 1.807) is 18.0 Å². The van der Waals surface area contributed by atoms with Crippen molar-refractivity contribution in [3.05, 3.63) is 60.3 Å². The molecule has 0 aliphatic carbocycles. The van der Waals surface area contributed by atoms with Gasteiger partial charge in [0.2, 0.25) is 0 Å². The number of methoxy groups -OCH3 is 1. The van der Waals surface area contributed by atoms with Crippen LogP contribution in [0.5, 0.6) is 11.5 Å². The van der Waals surface area contributed by atoms with Gasteiger partial charge in [-0.25, -0.2) is 4.68 Å². The third-order valence-electron chi connectivity index (χ3n) is 3.32. The van der Waals surface area contributed by atoms with E-state index in [0.29, 0.717) is 5.69 Å². The second-order valence-corrected chi connectivity index (χ2v) is 4.88.